The standard InChI is InChI=1S/C10H16/c1-2-10-5-7(6-10)8-3-4-9(8)10/h7-9H,2-6H2,1H3. The molecule has 4 fully saturated rings. The highest BCUT2D eigenvalue weighted by Gasteiger charge is 2.64. The lowest BCUT2D eigenvalue weighted by Crippen LogP contribution is -2.32. The Balaban J connectivity index is 1.93. The van der Waals surface area contributed by atoms with E-state index in [1.54, 1.807) is 25.7 Å². The SMILES string of the molecule is CCC12CC(C1)C1CCC12. The van der Waals surface area contributed by atoms with Crippen molar-refractivity contribution in [3.63, 3.8) is 0 Å². The Morgan fingerprint density at radius 1 is 1.30 bits per heavy atom. The van der Waals surface area contributed by atoms with Crippen LogP contribution in [0.1, 0.15) is 39.0 Å². The molecule has 0 aromatic heterocycles. The molecule has 4 aliphatic carbocycles. The first-order valence-electron chi connectivity index (χ1n) is 4.86. The fourth-order valence-electron chi connectivity index (χ4n) is 3.99. The molecular formula is C10H16. The van der Waals surface area contributed by atoms with Gasteiger partial charge in [0, 0.05) is 0 Å². The minimum Gasteiger partial charge on any atom is -0.0648 e. The van der Waals surface area contributed by atoms with Gasteiger partial charge in [0.1, 0.15) is 0 Å². The summed E-state index contributed by atoms with van der Waals surface area (Å²) < 4.78 is 0. The first-order valence-corrected chi connectivity index (χ1v) is 4.86. The maximum Gasteiger partial charge on any atom is -0.0264 e. The molecule has 4 aliphatic rings. The van der Waals surface area contributed by atoms with Crippen molar-refractivity contribution in [1.82, 2.24) is 0 Å². The van der Waals surface area contributed by atoms with Crippen LogP contribution in [-0.2, 0) is 0 Å². The predicted octanol–water partition coefficient (Wildman–Crippen LogP) is 2.83. The molecule has 0 N–H and O–H groups in total. The molecular weight excluding hydrogens is 120 g/mol. The Labute approximate surface area is 63.0 Å². The summed E-state index contributed by atoms with van der Waals surface area (Å²) in [6.07, 6.45) is 7.86. The summed E-state index contributed by atoms with van der Waals surface area (Å²) >= 11 is 0. The predicted molar refractivity (Wildman–Crippen MR) is 41.7 cm³/mol. The highest BCUT2D eigenvalue weighted by Crippen LogP contribution is 2.73. The zero-order chi connectivity index (χ0) is 6.77. The Kier molecular flexibility index (Phi) is 0.810. The van der Waals surface area contributed by atoms with E-state index in [0.717, 1.165) is 5.41 Å². The summed E-state index contributed by atoms with van der Waals surface area (Å²) in [7, 11) is 0. The third-order valence-corrected chi connectivity index (χ3v) is 4.76. The van der Waals surface area contributed by atoms with Gasteiger partial charge in [-0.05, 0) is 48.9 Å². The average Bonchev–Trinajstić information content (AvgIpc) is 2.08. The van der Waals surface area contributed by atoms with E-state index in [2.05, 4.69) is 6.92 Å². The van der Waals surface area contributed by atoms with Gasteiger partial charge < -0.3 is 0 Å². The normalized spacial score (nSPS) is 62.7. The summed E-state index contributed by atoms with van der Waals surface area (Å²) in [6.45, 7) is 2.40. The molecule has 56 valence electrons. The largest absolute Gasteiger partial charge is 0.0648 e. The van der Waals surface area contributed by atoms with Gasteiger partial charge in [-0.25, -0.2) is 0 Å². The minimum atomic E-state index is 0.896. The fraction of sp³-hybridized carbons (Fsp3) is 1.00. The van der Waals surface area contributed by atoms with Crippen LogP contribution < -0.4 is 0 Å². The van der Waals surface area contributed by atoms with Crippen LogP contribution in [0.5, 0.6) is 0 Å². The summed E-state index contributed by atoms with van der Waals surface area (Å²) in [4.78, 5) is 0. The van der Waals surface area contributed by atoms with Crippen LogP contribution in [0.25, 0.3) is 0 Å². The van der Waals surface area contributed by atoms with E-state index in [9.17, 15) is 0 Å². The molecule has 0 radical (unpaired) electrons. The zero-order valence-electron chi connectivity index (χ0n) is 6.77. The first-order chi connectivity index (χ1) is 4.86. The van der Waals surface area contributed by atoms with Crippen molar-refractivity contribution in [2.24, 2.45) is 23.2 Å². The van der Waals surface area contributed by atoms with Crippen molar-refractivity contribution in [2.45, 2.75) is 39.0 Å². The first kappa shape index (κ1) is 5.62. The van der Waals surface area contributed by atoms with Crippen molar-refractivity contribution >= 4 is 0 Å². The molecule has 10 heavy (non-hydrogen) atoms. The Morgan fingerprint density at radius 3 is 2.40 bits per heavy atom. The summed E-state index contributed by atoms with van der Waals surface area (Å²) in [6, 6.07) is 0. The second-order valence-electron chi connectivity index (χ2n) is 4.73. The van der Waals surface area contributed by atoms with Gasteiger partial charge in [0.2, 0.25) is 0 Å². The maximum absolute atomic E-state index is 2.40. The second-order valence-corrected chi connectivity index (χ2v) is 4.73. The second kappa shape index (κ2) is 1.44. The van der Waals surface area contributed by atoms with Gasteiger partial charge in [-0.2, -0.15) is 0 Å². The Bertz CT molecular complexity index is 165. The van der Waals surface area contributed by atoms with Crippen molar-refractivity contribution in [2.75, 3.05) is 0 Å². The van der Waals surface area contributed by atoms with Crippen molar-refractivity contribution in [1.29, 1.82) is 0 Å². The molecule has 0 saturated heterocycles. The van der Waals surface area contributed by atoms with E-state index in [1.807, 2.05) is 0 Å². The third kappa shape index (κ3) is 0.383. The molecule has 2 atom stereocenters. The molecule has 2 unspecified atom stereocenters. The quantitative estimate of drug-likeness (QED) is 0.520. The average molecular weight is 136 g/mol. The number of hydrogen-bond acceptors (Lipinski definition) is 0. The summed E-state index contributed by atoms with van der Waals surface area (Å²) in [5, 5.41) is 0. The van der Waals surface area contributed by atoms with Crippen LogP contribution in [0, 0.1) is 23.2 Å². The van der Waals surface area contributed by atoms with Crippen LogP contribution in [0.2, 0.25) is 0 Å². The molecule has 2 bridgehead atoms. The summed E-state index contributed by atoms with van der Waals surface area (Å²) in [5.74, 6) is 3.60. The molecule has 4 rings (SSSR count). The maximum atomic E-state index is 2.40. The molecule has 0 aromatic carbocycles. The zero-order valence-corrected chi connectivity index (χ0v) is 6.77. The highest BCUT2D eigenvalue weighted by molar-refractivity contribution is 5.13. The fourth-order valence-corrected chi connectivity index (χ4v) is 3.99. The van der Waals surface area contributed by atoms with Gasteiger partial charge in [0.25, 0.3) is 0 Å². The highest BCUT2D eigenvalue weighted by atomic mass is 14.7. The molecule has 0 heteroatoms. The molecule has 0 amide bonds. The van der Waals surface area contributed by atoms with E-state index in [-0.39, 0.29) is 0 Å². The van der Waals surface area contributed by atoms with Crippen LogP contribution >= 0.6 is 0 Å². The van der Waals surface area contributed by atoms with E-state index in [0.29, 0.717) is 0 Å². The van der Waals surface area contributed by atoms with Gasteiger partial charge in [0.15, 0.2) is 0 Å². The molecule has 0 nitrogen and oxygen atoms in total. The molecule has 0 spiro atoms. The van der Waals surface area contributed by atoms with E-state index < -0.39 is 0 Å². The lowest BCUT2D eigenvalue weighted by Gasteiger charge is -2.41. The third-order valence-electron chi connectivity index (χ3n) is 4.76. The Hall–Kier alpha value is 0. The van der Waals surface area contributed by atoms with E-state index in [1.165, 1.54) is 24.2 Å². The molecule has 0 heterocycles. The lowest BCUT2D eigenvalue weighted by atomic mass is 9.64. The van der Waals surface area contributed by atoms with Crippen LogP contribution in [0.4, 0.5) is 0 Å². The molecule has 0 aliphatic heterocycles. The van der Waals surface area contributed by atoms with E-state index >= 15 is 0 Å². The van der Waals surface area contributed by atoms with Gasteiger partial charge in [0.05, 0.1) is 0 Å². The summed E-state index contributed by atoms with van der Waals surface area (Å²) in [5.41, 5.74) is 0.896. The minimum absolute atomic E-state index is 0.896. The smallest absolute Gasteiger partial charge is 0.0264 e. The van der Waals surface area contributed by atoms with Gasteiger partial charge >= 0.3 is 0 Å². The number of hydrogen-bond donors (Lipinski definition) is 0. The van der Waals surface area contributed by atoms with Crippen molar-refractivity contribution in [3.05, 3.63) is 0 Å². The van der Waals surface area contributed by atoms with Crippen molar-refractivity contribution < 1.29 is 0 Å². The molecule has 0 aromatic rings. The monoisotopic (exact) mass is 136 g/mol. The van der Waals surface area contributed by atoms with Crippen molar-refractivity contribution in [3.8, 4) is 0 Å². The van der Waals surface area contributed by atoms with Gasteiger partial charge in [-0.15, -0.1) is 0 Å². The Morgan fingerprint density at radius 2 is 2.10 bits per heavy atom. The topological polar surface area (TPSA) is 0 Å². The van der Waals surface area contributed by atoms with Crippen LogP contribution in [-0.4, -0.2) is 0 Å². The van der Waals surface area contributed by atoms with Gasteiger partial charge in [-0.3, -0.25) is 0 Å². The van der Waals surface area contributed by atoms with Gasteiger partial charge in [-0.1, -0.05) is 13.3 Å². The molecule has 4 saturated carbocycles. The number of rotatable bonds is 1. The van der Waals surface area contributed by atoms with Crippen LogP contribution in [0.15, 0.2) is 0 Å². The van der Waals surface area contributed by atoms with Crippen LogP contribution in [0.3, 0.4) is 0 Å². The van der Waals surface area contributed by atoms with E-state index in [4.69, 9.17) is 0 Å². The lowest BCUT2D eigenvalue weighted by molar-refractivity contribution is 0.0872.